The van der Waals surface area contributed by atoms with Crippen molar-refractivity contribution >= 4 is 75.8 Å². The van der Waals surface area contributed by atoms with Crippen LogP contribution in [0.2, 0.25) is 0 Å². The van der Waals surface area contributed by atoms with Gasteiger partial charge in [-0.1, -0.05) is 437 Å². The summed E-state index contributed by atoms with van der Waals surface area (Å²) in [6.45, 7) is 0. The van der Waals surface area contributed by atoms with E-state index in [1.165, 1.54) is 501 Å². The summed E-state index contributed by atoms with van der Waals surface area (Å²) in [5.41, 5.74) is 0.391. The molecule has 0 rings (SSSR count). The molecule has 0 aromatic rings. The van der Waals surface area contributed by atoms with Crippen molar-refractivity contribution in [1.82, 2.24) is 0 Å². The Bertz CT molecular complexity index is 1240. The molecule has 0 aromatic carbocycles. The lowest BCUT2D eigenvalue weighted by molar-refractivity contribution is 0.0910. The van der Waals surface area contributed by atoms with Crippen LogP contribution in [-0.4, -0.2) is 34.0 Å². The molecule has 6 heteroatoms. The Labute approximate surface area is 617 Å². The standard InChI is InChI=1S/C86H174S6/c87-79-69-61-53-45-37-29-21-13-5-1-9-17-25-33-41-49-57-65-74-84(75-73-83-91)86(77-67-59-51-43-35-27-19-11-3-7-15-23-31-39-47-55-63-71-81-89,78-68-60-52-44-36-28-20-12-4-8-16-24-32-40-48-56-64-72-82-90)85(92)76-66-58-50-42-34-26-18-10-2-6-14-22-30-38-46-54-62-70-80-88/h84-85,87-92H,1-83H2. The molecule has 0 heterocycles. The maximum absolute atomic E-state index is 5.93. The summed E-state index contributed by atoms with van der Waals surface area (Å²) >= 11 is 28.4. The Balaban J connectivity index is 5.48. The van der Waals surface area contributed by atoms with E-state index < -0.39 is 0 Å². The molecule has 0 radical (unpaired) electrons. The fourth-order valence-electron chi connectivity index (χ4n) is 15.9. The first kappa shape index (κ1) is 94.1. The van der Waals surface area contributed by atoms with Crippen LogP contribution >= 0.6 is 75.8 Å². The zero-order valence-electron chi connectivity index (χ0n) is 63.0. The van der Waals surface area contributed by atoms with Crippen molar-refractivity contribution in [3.8, 4) is 0 Å². The third-order valence-corrected chi connectivity index (χ3v) is 24.5. The van der Waals surface area contributed by atoms with Crippen LogP contribution in [0.25, 0.3) is 0 Å². The lowest BCUT2D eigenvalue weighted by Gasteiger charge is -2.46. The van der Waals surface area contributed by atoms with Gasteiger partial charge in [-0.25, -0.2) is 0 Å². The van der Waals surface area contributed by atoms with E-state index in [1.54, 1.807) is 0 Å². The van der Waals surface area contributed by atoms with Gasteiger partial charge in [0.1, 0.15) is 0 Å². The van der Waals surface area contributed by atoms with E-state index in [4.69, 9.17) is 25.3 Å². The van der Waals surface area contributed by atoms with E-state index in [0.29, 0.717) is 10.7 Å². The highest BCUT2D eigenvalue weighted by atomic mass is 32.1. The molecular formula is C86H174S6. The van der Waals surface area contributed by atoms with Gasteiger partial charge in [-0.2, -0.15) is 75.8 Å². The minimum atomic E-state index is 0.391. The largest absolute Gasteiger partial charge is 0.179 e. The second kappa shape index (κ2) is 83.8. The highest BCUT2D eigenvalue weighted by Crippen LogP contribution is 2.50. The van der Waals surface area contributed by atoms with E-state index in [-0.39, 0.29) is 0 Å². The van der Waals surface area contributed by atoms with Crippen molar-refractivity contribution in [3.63, 3.8) is 0 Å². The van der Waals surface area contributed by atoms with Gasteiger partial charge in [-0.05, 0) is 104 Å². The van der Waals surface area contributed by atoms with Gasteiger partial charge in [-0.15, -0.1) is 0 Å². The molecule has 0 amide bonds. The van der Waals surface area contributed by atoms with Crippen LogP contribution in [0.5, 0.6) is 0 Å². The van der Waals surface area contributed by atoms with Crippen molar-refractivity contribution < 1.29 is 0 Å². The smallest absolute Gasteiger partial charge is 0.00759 e. The summed E-state index contributed by atoms with van der Waals surface area (Å²) in [5.74, 6) is 6.12. The molecule has 92 heavy (non-hydrogen) atoms. The molecule has 0 fully saturated rings. The van der Waals surface area contributed by atoms with Crippen molar-refractivity contribution in [2.24, 2.45) is 11.3 Å². The summed E-state index contributed by atoms with van der Waals surface area (Å²) in [7, 11) is 0. The fourth-order valence-corrected chi connectivity index (χ4v) is 17.6. The van der Waals surface area contributed by atoms with Crippen LogP contribution in [0.1, 0.15) is 501 Å². The lowest BCUT2D eigenvalue weighted by atomic mass is 9.62. The quantitative estimate of drug-likeness (QED) is 0.0254. The molecule has 0 aliphatic heterocycles. The third-order valence-electron chi connectivity index (χ3n) is 22.1. The molecule has 0 aliphatic carbocycles. The average Bonchev–Trinajstić information content (AvgIpc) is 1.03. The first-order chi connectivity index (χ1) is 45.6. The van der Waals surface area contributed by atoms with Crippen LogP contribution in [0.15, 0.2) is 0 Å². The summed E-state index contributed by atoms with van der Waals surface area (Å²) in [5, 5.41) is 0.551. The van der Waals surface area contributed by atoms with E-state index in [2.05, 4.69) is 50.5 Å². The van der Waals surface area contributed by atoms with Crippen molar-refractivity contribution in [3.05, 3.63) is 0 Å². The minimum absolute atomic E-state index is 0.391. The van der Waals surface area contributed by atoms with Gasteiger partial charge in [0.2, 0.25) is 0 Å². The minimum Gasteiger partial charge on any atom is -0.179 e. The summed E-state index contributed by atoms with van der Waals surface area (Å²) in [4.78, 5) is 0. The average molecular weight is 1400 g/mol. The van der Waals surface area contributed by atoms with E-state index in [0.717, 1.165) is 34.7 Å². The second-order valence-corrected chi connectivity index (χ2v) is 33.6. The Morgan fingerprint density at radius 1 is 0.141 bits per heavy atom. The zero-order valence-corrected chi connectivity index (χ0v) is 68.4. The van der Waals surface area contributed by atoms with E-state index in [1.807, 2.05) is 0 Å². The Hall–Kier alpha value is 2.10. The van der Waals surface area contributed by atoms with Gasteiger partial charge >= 0.3 is 0 Å². The number of hydrogen-bond donors (Lipinski definition) is 6. The first-order valence-electron chi connectivity index (χ1n) is 43.3. The molecule has 0 aromatic heterocycles. The van der Waals surface area contributed by atoms with Gasteiger partial charge in [0.05, 0.1) is 0 Å². The molecule has 0 nitrogen and oxygen atoms in total. The first-order valence-corrected chi connectivity index (χ1v) is 47.0. The number of hydrogen-bond acceptors (Lipinski definition) is 6. The Morgan fingerprint density at radius 2 is 0.272 bits per heavy atom. The zero-order chi connectivity index (χ0) is 66.3. The lowest BCUT2D eigenvalue weighted by Crippen LogP contribution is -2.40. The molecule has 0 aliphatic rings. The van der Waals surface area contributed by atoms with Crippen molar-refractivity contribution in [2.75, 3.05) is 28.8 Å². The highest BCUT2D eigenvalue weighted by molar-refractivity contribution is 7.81. The predicted octanol–water partition coefficient (Wildman–Crippen LogP) is 33.0. The second-order valence-electron chi connectivity index (χ2n) is 30.7. The number of thiol groups is 6. The predicted molar refractivity (Wildman–Crippen MR) is 448 cm³/mol. The molecule has 0 saturated carbocycles. The highest BCUT2D eigenvalue weighted by Gasteiger charge is 2.42. The summed E-state index contributed by atoms with van der Waals surface area (Å²) in [6.07, 6.45) is 112. The van der Waals surface area contributed by atoms with Crippen LogP contribution in [0.3, 0.4) is 0 Å². The number of rotatable bonds is 85. The molecule has 0 spiro atoms. The molecular weight excluding hydrogens is 1230 g/mol. The van der Waals surface area contributed by atoms with Crippen LogP contribution in [0, 0.1) is 11.3 Å². The molecule has 0 saturated heterocycles. The maximum Gasteiger partial charge on any atom is 0.00759 e. The van der Waals surface area contributed by atoms with Crippen molar-refractivity contribution in [1.29, 1.82) is 0 Å². The molecule has 554 valence electrons. The van der Waals surface area contributed by atoms with Crippen molar-refractivity contribution in [2.45, 2.75) is 506 Å². The Kier molecular flexibility index (Phi) is 85.7. The number of unbranched alkanes of at least 4 members (excludes halogenated alkanes) is 68. The Morgan fingerprint density at radius 3 is 0.446 bits per heavy atom. The van der Waals surface area contributed by atoms with E-state index >= 15 is 0 Å². The van der Waals surface area contributed by atoms with Crippen LogP contribution in [-0.2, 0) is 0 Å². The van der Waals surface area contributed by atoms with Gasteiger partial charge in [-0.3, -0.25) is 0 Å². The molecule has 0 N–H and O–H groups in total. The fraction of sp³-hybridized carbons (Fsp3) is 1.00. The van der Waals surface area contributed by atoms with Gasteiger partial charge < -0.3 is 0 Å². The topological polar surface area (TPSA) is 0 Å². The van der Waals surface area contributed by atoms with E-state index in [9.17, 15) is 0 Å². The SMILES string of the molecule is SCCCCCCCCCCCCCCCCCCCCC(S)C(CCCCCCCCCCCCCCCCCCCCS)(CCCCCCCCCCCCCCCCCCCCS)C(CCCS)CCCCCCCCCCCCCCCCCCCCS. The molecule has 0 bridgehead atoms. The molecule has 2 unspecified atom stereocenters. The van der Waals surface area contributed by atoms with Crippen LogP contribution in [0.4, 0.5) is 0 Å². The third kappa shape index (κ3) is 70.5. The summed E-state index contributed by atoms with van der Waals surface area (Å²) < 4.78 is 0. The normalized spacial score (nSPS) is 12.7. The van der Waals surface area contributed by atoms with Gasteiger partial charge in [0.25, 0.3) is 0 Å². The van der Waals surface area contributed by atoms with Gasteiger partial charge in [0, 0.05) is 5.25 Å². The maximum atomic E-state index is 5.93. The van der Waals surface area contributed by atoms with Gasteiger partial charge in [0.15, 0.2) is 0 Å². The van der Waals surface area contributed by atoms with Crippen LogP contribution < -0.4 is 0 Å². The monoisotopic (exact) mass is 1400 g/mol. The summed E-state index contributed by atoms with van der Waals surface area (Å²) in [6, 6.07) is 0. The molecule has 2 atom stereocenters.